The third kappa shape index (κ3) is 3.63. The molecule has 5 nitrogen and oxygen atoms in total. The summed E-state index contributed by atoms with van der Waals surface area (Å²) in [6, 6.07) is 14.0. The molecule has 0 saturated carbocycles. The summed E-state index contributed by atoms with van der Waals surface area (Å²) in [5.41, 5.74) is 2.24. The van der Waals surface area contributed by atoms with Crippen LogP contribution < -0.4 is 10.6 Å². The Morgan fingerprint density at radius 1 is 1.25 bits per heavy atom. The van der Waals surface area contributed by atoms with Crippen LogP contribution in [0.25, 0.3) is 0 Å². The molecule has 2 aromatic rings. The smallest absolute Gasteiger partial charge is 0.257 e. The minimum absolute atomic E-state index is 0.141. The molecule has 24 heavy (non-hydrogen) atoms. The molecule has 0 fully saturated rings. The second-order valence-corrected chi connectivity index (χ2v) is 6.00. The Hall–Kier alpha value is -2.66. The van der Waals surface area contributed by atoms with Gasteiger partial charge < -0.3 is 0 Å². The van der Waals surface area contributed by atoms with Crippen molar-refractivity contribution < 1.29 is 9.59 Å². The van der Waals surface area contributed by atoms with Crippen LogP contribution in [-0.2, 0) is 4.79 Å². The fraction of sp³-hybridized carbons (Fsp3) is 0.167. The Morgan fingerprint density at radius 3 is 2.79 bits per heavy atom. The Balaban J connectivity index is 1.83. The lowest BCUT2D eigenvalue weighted by atomic mass is 10.0. The molecule has 2 N–H and O–H groups in total. The first-order chi connectivity index (χ1) is 11.5. The molecule has 0 spiro atoms. The molecule has 0 aliphatic carbocycles. The summed E-state index contributed by atoms with van der Waals surface area (Å²) >= 11 is 6.18. The first-order valence-corrected chi connectivity index (χ1v) is 7.91. The second-order valence-electron chi connectivity index (χ2n) is 5.59. The Kier molecular flexibility index (Phi) is 4.62. The fourth-order valence-electron chi connectivity index (χ4n) is 2.55. The quantitative estimate of drug-likeness (QED) is 0.881. The summed E-state index contributed by atoms with van der Waals surface area (Å²) in [5.74, 6) is -0.394. The van der Waals surface area contributed by atoms with E-state index in [4.69, 9.17) is 11.6 Å². The van der Waals surface area contributed by atoms with Crippen LogP contribution >= 0.6 is 11.6 Å². The minimum atomic E-state index is -0.416. The summed E-state index contributed by atoms with van der Waals surface area (Å²) in [7, 11) is 0. The van der Waals surface area contributed by atoms with Crippen molar-refractivity contribution in [1.82, 2.24) is 10.6 Å². The van der Waals surface area contributed by atoms with E-state index < -0.39 is 6.04 Å². The number of guanidine groups is 1. The van der Waals surface area contributed by atoms with E-state index in [1.165, 1.54) is 0 Å². The van der Waals surface area contributed by atoms with Gasteiger partial charge in [-0.2, -0.15) is 0 Å². The van der Waals surface area contributed by atoms with E-state index in [1.807, 2.05) is 31.2 Å². The number of halogens is 1. The van der Waals surface area contributed by atoms with Crippen LogP contribution in [0.5, 0.6) is 0 Å². The lowest BCUT2D eigenvalue weighted by Crippen LogP contribution is -2.47. The minimum Gasteiger partial charge on any atom is -0.296 e. The zero-order chi connectivity index (χ0) is 17.1. The molecule has 1 aliphatic heterocycles. The SMILES string of the molecule is Cc1cccc(C(=O)NC2=N[C@H](c3ccccc3Cl)CC(=O)N2)c1. The van der Waals surface area contributed by atoms with Crippen LogP contribution in [0.4, 0.5) is 0 Å². The maximum absolute atomic E-state index is 12.3. The predicted octanol–water partition coefficient (Wildman–Crippen LogP) is 3.00. The molecule has 0 aromatic heterocycles. The number of rotatable bonds is 2. The number of carbonyl (C=O) groups is 2. The van der Waals surface area contributed by atoms with Crippen LogP contribution in [-0.4, -0.2) is 17.8 Å². The number of aliphatic imine (C=N–C) groups is 1. The van der Waals surface area contributed by atoms with Gasteiger partial charge in [0.25, 0.3) is 5.91 Å². The van der Waals surface area contributed by atoms with Gasteiger partial charge >= 0.3 is 0 Å². The van der Waals surface area contributed by atoms with Crippen molar-refractivity contribution in [2.75, 3.05) is 0 Å². The molecular formula is C18H16ClN3O2. The summed E-state index contributed by atoms with van der Waals surface area (Å²) in [6.45, 7) is 1.91. The largest absolute Gasteiger partial charge is 0.296 e. The van der Waals surface area contributed by atoms with E-state index in [-0.39, 0.29) is 24.2 Å². The highest BCUT2D eigenvalue weighted by Gasteiger charge is 2.25. The lowest BCUT2D eigenvalue weighted by molar-refractivity contribution is -0.120. The van der Waals surface area contributed by atoms with Crippen molar-refractivity contribution in [1.29, 1.82) is 0 Å². The number of carbonyl (C=O) groups excluding carboxylic acids is 2. The number of aryl methyl sites for hydroxylation is 1. The number of nitrogens with zero attached hydrogens (tertiary/aromatic N) is 1. The number of amides is 2. The summed E-state index contributed by atoms with van der Waals surface area (Å²) in [5, 5.41) is 5.78. The van der Waals surface area contributed by atoms with Gasteiger partial charge in [0, 0.05) is 10.6 Å². The first-order valence-electron chi connectivity index (χ1n) is 7.53. The third-order valence-electron chi connectivity index (χ3n) is 3.70. The van der Waals surface area contributed by atoms with Crippen LogP contribution in [0.3, 0.4) is 0 Å². The van der Waals surface area contributed by atoms with Crippen molar-refractivity contribution in [3.63, 3.8) is 0 Å². The Labute approximate surface area is 144 Å². The molecule has 2 amide bonds. The van der Waals surface area contributed by atoms with Gasteiger partial charge in [0.15, 0.2) is 0 Å². The van der Waals surface area contributed by atoms with Crippen LogP contribution in [0.15, 0.2) is 53.5 Å². The average molecular weight is 342 g/mol. The van der Waals surface area contributed by atoms with Gasteiger partial charge in [-0.15, -0.1) is 0 Å². The standard InChI is InChI=1S/C18H16ClN3O2/c1-11-5-4-6-12(9-11)17(24)22-18-20-15(10-16(23)21-18)13-7-2-3-8-14(13)19/h2-9,15H,10H2,1H3,(H2,20,21,22,23,24)/t15-/m0/s1. The van der Waals surface area contributed by atoms with Crippen molar-refractivity contribution in [2.45, 2.75) is 19.4 Å². The molecule has 1 atom stereocenters. The normalized spacial score (nSPS) is 17.0. The highest BCUT2D eigenvalue weighted by molar-refractivity contribution is 6.31. The molecular weight excluding hydrogens is 326 g/mol. The third-order valence-corrected chi connectivity index (χ3v) is 4.04. The zero-order valence-corrected chi connectivity index (χ0v) is 13.8. The van der Waals surface area contributed by atoms with E-state index in [2.05, 4.69) is 15.6 Å². The van der Waals surface area contributed by atoms with E-state index in [9.17, 15) is 9.59 Å². The highest BCUT2D eigenvalue weighted by atomic mass is 35.5. The van der Waals surface area contributed by atoms with Gasteiger partial charge in [0.2, 0.25) is 11.9 Å². The second kappa shape index (κ2) is 6.84. The van der Waals surface area contributed by atoms with Crippen molar-refractivity contribution in [3.8, 4) is 0 Å². The summed E-state index contributed by atoms with van der Waals surface area (Å²) in [6.07, 6.45) is 0.188. The van der Waals surface area contributed by atoms with Crippen LogP contribution in [0.2, 0.25) is 5.02 Å². The summed E-state index contributed by atoms with van der Waals surface area (Å²) in [4.78, 5) is 28.7. The Bertz CT molecular complexity index is 833. The molecule has 2 aromatic carbocycles. The molecule has 122 valence electrons. The van der Waals surface area contributed by atoms with Gasteiger partial charge in [-0.3, -0.25) is 20.2 Å². The van der Waals surface area contributed by atoms with Crippen molar-refractivity contribution >= 4 is 29.4 Å². The molecule has 1 aliphatic rings. The van der Waals surface area contributed by atoms with Gasteiger partial charge in [0.05, 0.1) is 12.5 Å². The Morgan fingerprint density at radius 2 is 2.04 bits per heavy atom. The number of nitrogens with one attached hydrogen (secondary N) is 2. The average Bonchev–Trinajstić information content (AvgIpc) is 2.54. The van der Waals surface area contributed by atoms with E-state index in [0.717, 1.165) is 11.1 Å². The van der Waals surface area contributed by atoms with Crippen molar-refractivity contribution in [2.24, 2.45) is 4.99 Å². The molecule has 0 unspecified atom stereocenters. The molecule has 0 bridgehead atoms. The molecule has 1 heterocycles. The van der Waals surface area contributed by atoms with Gasteiger partial charge in [-0.25, -0.2) is 4.99 Å². The van der Waals surface area contributed by atoms with Gasteiger partial charge in [0.1, 0.15) is 0 Å². The number of hydrogen-bond acceptors (Lipinski definition) is 3. The molecule has 0 radical (unpaired) electrons. The monoisotopic (exact) mass is 341 g/mol. The van der Waals surface area contributed by atoms with E-state index >= 15 is 0 Å². The predicted molar refractivity (Wildman–Crippen MR) is 93.0 cm³/mol. The molecule has 3 rings (SSSR count). The summed E-state index contributed by atoms with van der Waals surface area (Å²) < 4.78 is 0. The highest BCUT2D eigenvalue weighted by Crippen LogP contribution is 2.29. The number of hydrogen-bond donors (Lipinski definition) is 2. The molecule has 0 saturated heterocycles. The fourth-order valence-corrected chi connectivity index (χ4v) is 2.81. The number of benzene rings is 2. The van der Waals surface area contributed by atoms with Crippen LogP contribution in [0.1, 0.15) is 33.9 Å². The molecule has 6 heteroatoms. The zero-order valence-electron chi connectivity index (χ0n) is 13.0. The van der Waals surface area contributed by atoms with E-state index in [1.54, 1.807) is 24.3 Å². The lowest BCUT2D eigenvalue weighted by Gasteiger charge is -2.22. The van der Waals surface area contributed by atoms with Gasteiger partial charge in [-0.05, 0) is 30.7 Å². The topological polar surface area (TPSA) is 70.6 Å². The first kappa shape index (κ1) is 16.2. The van der Waals surface area contributed by atoms with Gasteiger partial charge in [-0.1, -0.05) is 47.5 Å². The maximum atomic E-state index is 12.3. The maximum Gasteiger partial charge on any atom is 0.257 e. The van der Waals surface area contributed by atoms with E-state index in [0.29, 0.717) is 10.6 Å². The van der Waals surface area contributed by atoms with Crippen LogP contribution in [0, 0.1) is 6.92 Å². The van der Waals surface area contributed by atoms with Crippen molar-refractivity contribution in [3.05, 3.63) is 70.2 Å².